The molecule has 3 heterocycles. The smallest absolute Gasteiger partial charge is 0.117 e. The van der Waals surface area contributed by atoms with Gasteiger partial charge in [0.2, 0.25) is 0 Å². The molecule has 152 valence electrons. The number of ether oxygens (including phenoxy) is 2. The zero-order valence-electron chi connectivity index (χ0n) is 16.6. The van der Waals surface area contributed by atoms with Crippen molar-refractivity contribution in [1.29, 1.82) is 0 Å². The van der Waals surface area contributed by atoms with E-state index in [1.165, 1.54) is 42.7 Å². The number of thiocarbonyl (C=S) groups is 1. The van der Waals surface area contributed by atoms with E-state index in [1.54, 1.807) is 0 Å². The molecule has 1 aliphatic carbocycles. The van der Waals surface area contributed by atoms with Crippen LogP contribution in [0.5, 0.6) is 0 Å². The molecule has 1 aromatic rings. The molecule has 28 heavy (non-hydrogen) atoms. The molecule has 4 aliphatic rings. The first kappa shape index (κ1) is 19.3. The van der Waals surface area contributed by atoms with Gasteiger partial charge in [0.25, 0.3) is 0 Å². The molecule has 5 rings (SSSR count). The lowest BCUT2D eigenvalue weighted by Gasteiger charge is -2.50. The Morgan fingerprint density at radius 2 is 2.14 bits per heavy atom. The van der Waals surface area contributed by atoms with Crippen LogP contribution < -0.4 is 0 Å². The van der Waals surface area contributed by atoms with E-state index in [0.717, 1.165) is 44.3 Å². The third-order valence-electron chi connectivity index (χ3n) is 7.44. The third-order valence-corrected chi connectivity index (χ3v) is 9.33. The minimum atomic E-state index is 0.0857. The van der Waals surface area contributed by atoms with Crippen LogP contribution in [-0.2, 0) is 16.1 Å². The van der Waals surface area contributed by atoms with Gasteiger partial charge in [0.15, 0.2) is 0 Å². The summed E-state index contributed by atoms with van der Waals surface area (Å²) in [6, 6.07) is 10.5. The van der Waals surface area contributed by atoms with Gasteiger partial charge >= 0.3 is 0 Å². The lowest BCUT2D eigenvalue weighted by atomic mass is 9.75. The Morgan fingerprint density at radius 1 is 1.25 bits per heavy atom. The summed E-state index contributed by atoms with van der Waals surface area (Å²) in [6.07, 6.45) is 8.62. The zero-order chi connectivity index (χ0) is 19.0. The van der Waals surface area contributed by atoms with Gasteiger partial charge in [-0.05, 0) is 37.2 Å². The van der Waals surface area contributed by atoms with Gasteiger partial charge in [0, 0.05) is 43.2 Å². The van der Waals surface area contributed by atoms with Crippen molar-refractivity contribution in [3.8, 4) is 0 Å². The number of piperidine rings is 1. The van der Waals surface area contributed by atoms with Gasteiger partial charge in [-0.25, -0.2) is 0 Å². The summed E-state index contributed by atoms with van der Waals surface area (Å²) >= 11 is 8.11. The van der Waals surface area contributed by atoms with E-state index in [9.17, 15) is 0 Å². The van der Waals surface area contributed by atoms with Crippen molar-refractivity contribution in [3.63, 3.8) is 0 Å². The van der Waals surface area contributed by atoms with Gasteiger partial charge in [-0.15, -0.1) is 11.8 Å². The Hall–Kier alpha value is -0.620. The topological polar surface area (TPSA) is 21.7 Å². The first-order valence-electron chi connectivity index (χ1n) is 10.9. The minimum Gasteiger partial charge on any atom is -0.377 e. The monoisotopic (exact) mass is 417 g/mol. The highest BCUT2D eigenvalue weighted by atomic mass is 32.2. The Bertz CT molecular complexity index is 706. The molecule has 4 atom stereocenters. The van der Waals surface area contributed by atoms with E-state index in [1.807, 2.05) is 0 Å². The van der Waals surface area contributed by atoms with Crippen molar-refractivity contribution in [2.75, 3.05) is 25.5 Å². The van der Waals surface area contributed by atoms with Crippen LogP contribution in [0.4, 0.5) is 0 Å². The molecule has 0 N–H and O–H groups in total. The molecule has 0 unspecified atom stereocenters. The average molecular weight is 418 g/mol. The van der Waals surface area contributed by atoms with Crippen molar-refractivity contribution < 1.29 is 9.47 Å². The van der Waals surface area contributed by atoms with Crippen molar-refractivity contribution in [1.82, 2.24) is 4.90 Å². The molecule has 3 saturated heterocycles. The molecule has 1 saturated carbocycles. The second-order valence-electron chi connectivity index (χ2n) is 8.91. The van der Waals surface area contributed by atoms with Crippen LogP contribution in [0.3, 0.4) is 0 Å². The summed E-state index contributed by atoms with van der Waals surface area (Å²) in [5.41, 5.74) is 1.55. The van der Waals surface area contributed by atoms with E-state index in [4.69, 9.17) is 21.7 Å². The van der Waals surface area contributed by atoms with Gasteiger partial charge in [0.05, 0.1) is 18.2 Å². The highest BCUT2D eigenvalue weighted by Crippen LogP contribution is 2.60. The summed E-state index contributed by atoms with van der Waals surface area (Å²) in [5.74, 6) is 2.46. The lowest BCUT2D eigenvalue weighted by Crippen LogP contribution is -2.56. The SMILES string of the molecule is S=C1[C@@H](CCCOCc2ccccc2)[C@@H]2CCC[C@@]23C[C@@]2(CCN13)OCCS2. The fraction of sp³-hybridized carbons (Fsp3) is 0.696. The first-order valence-corrected chi connectivity index (χ1v) is 12.3. The number of rotatable bonds is 6. The molecule has 2 spiro atoms. The van der Waals surface area contributed by atoms with Gasteiger partial charge in [-0.3, -0.25) is 0 Å². The number of nitrogens with zero attached hydrogens (tertiary/aromatic N) is 1. The fourth-order valence-corrected chi connectivity index (χ4v) is 8.16. The summed E-state index contributed by atoms with van der Waals surface area (Å²) in [7, 11) is 0. The Kier molecular flexibility index (Phi) is 5.46. The van der Waals surface area contributed by atoms with Crippen molar-refractivity contribution in [3.05, 3.63) is 35.9 Å². The first-order chi connectivity index (χ1) is 13.7. The van der Waals surface area contributed by atoms with Crippen molar-refractivity contribution in [2.45, 2.75) is 62.0 Å². The maximum Gasteiger partial charge on any atom is 0.117 e. The fourth-order valence-electron chi connectivity index (χ4n) is 6.31. The van der Waals surface area contributed by atoms with E-state index in [-0.39, 0.29) is 4.93 Å². The highest BCUT2D eigenvalue weighted by Gasteiger charge is 2.63. The van der Waals surface area contributed by atoms with Crippen LogP contribution in [0.1, 0.15) is 50.5 Å². The molecule has 3 aliphatic heterocycles. The standard InChI is InChI=1S/C23H31NO2S2/c27-21-19(8-5-13-25-16-18-6-2-1-3-7-18)20-9-4-10-22(20)17-23(11-12-24(21)22)26-14-15-28-23/h1-3,6-7,19-20H,4-5,8-17H2/t19-,20-,22+,23-/m0/s1. The second-order valence-corrected chi connectivity index (χ2v) is 10.8. The molecule has 3 nitrogen and oxygen atoms in total. The maximum absolute atomic E-state index is 6.29. The normalized spacial score (nSPS) is 36.9. The number of hydrogen-bond donors (Lipinski definition) is 0. The minimum absolute atomic E-state index is 0.0857. The van der Waals surface area contributed by atoms with Crippen molar-refractivity contribution >= 4 is 29.0 Å². The number of benzene rings is 1. The maximum atomic E-state index is 6.29. The number of hydrogen-bond acceptors (Lipinski definition) is 4. The molecule has 0 aromatic heterocycles. The average Bonchev–Trinajstić information content (AvgIpc) is 3.37. The van der Waals surface area contributed by atoms with E-state index in [0.29, 0.717) is 18.1 Å². The zero-order valence-corrected chi connectivity index (χ0v) is 18.2. The highest BCUT2D eigenvalue weighted by molar-refractivity contribution is 8.00. The van der Waals surface area contributed by atoms with Gasteiger partial charge in [-0.2, -0.15) is 0 Å². The molecule has 4 fully saturated rings. The molecule has 1 aromatic carbocycles. The summed E-state index contributed by atoms with van der Waals surface area (Å²) in [6.45, 7) is 3.57. The quantitative estimate of drug-likeness (QED) is 0.476. The van der Waals surface area contributed by atoms with Crippen molar-refractivity contribution in [2.24, 2.45) is 11.8 Å². The van der Waals surface area contributed by atoms with Crippen LogP contribution in [-0.4, -0.2) is 45.9 Å². The molecule has 0 amide bonds. The Balaban J connectivity index is 1.20. The van der Waals surface area contributed by atoms with E-state index in [2.05, 4.69) is 47.0 Å². The Labute approximate surface area is 178 Å². The van der Waals surface area contributed by atoms with E-state index >= 15 is 0 Å². The Morgan fingerprint density at radius 3 is 2.96 bits per heavy atom. The molecule has 5 heteroatoms. The van der Waals surface area contributed by atoms with Gasteiger partial charge in [-0.1, -0.05) is 49.0 Å². The lowest BCUT2D eigenvalue weighted by molar-refractivity contribution is -0.0427. The molecular weight excluding hydrogens is 386 g/mol. The van der Waals surface area contributed by atoms with Gasteiger partial charge < -0.3 is 14.4 Å². The van der Waals surface area contributed by atoms with Crippen LogP contribution in [0.15, 0.2) is 30.3 Å². The molecular formula is C23H31NO2S2. The summed E-state index contributed by atoms with van der Waals surface area (Å²) in [5, 5.41) is 0. The van der Waals surface area contributed by atoms with Gasteiger partial charge in [0.1, 0.15) is 4.93 Å². The predicted octanol–water partition coefficient (Wildman–Crippen LogP) is 5.04. The van der Waals surface area contributed by atoms with Crippen LogP contribution in [0, 0.1) is 11.8 Å². The third kappa shape index (κ3) is 3.32. The van der Waals surface area contributed by atoms with Crippen LogP contribution in [0.25, 0.3) is 0 Å². The van der Waals surface area contributed by atoms with Crippen LogP contribution in [0.2, 0.25) is 0 Å². The van der Waals surface area contributed by atoms with E-state index < -0.39 is 0 Å². The summed E-state index contributed by atoms with van der Waals surface area (Å²) < 4.78 is 12.2. The largest absolute Gasteiger partial charge is 0.377 e. The van der Waals surface area contributed by atoms with Crippen LogP contribution >= 0.6 is 24.0 Å². The molecule has 0 bridgehead atoms. The predicted molar refractivity (Wildman–Crippen MR) is 119 cm³/mol. The molecule has 0 radical (unpaired) electrons. The summed E-state index contributed by atoms with van der Waals surface area (Å²) in [4.78, 5) is 4.00. The second kappa shape index (κ2) is 7.90. The number of thioether (sulfide) groups is 1.